The minimum absolute atomic E-state index is 0.187. The third-order valence-corrected chi connectivity index (χ3v) is 2.63. The molecule has 0 aliphatic rings. The second kappa shape index (κ2) is 14.4. The van der Waals surface area contributed by atoms with Gasteiger partial charge in [-0.1, -0.05) is 0 Å². The number of carbonyl (C=O) groups is 1. The van der Waals surface area contributed by atoms with Gasteiger partial charge in [-0.15, -0.1) is 0 Å². The van der Waals surface area contributed by atoms with Crippen molar-refractivity contribution in [1.82, 2.24) is 0 Å². The number of carbonyl (C=O) groups excluding carboxylic acids is 1. The first-order valence-corrected chi connectivity index (χ1v) is 7.92. The van der Waals surface area contributed by atoms with Crippen molar-refractivity contribution in [3.8, 4) is 0 Å². The molecule has 0 saturated heterocycles. The maximum absolute atomic E-state index is 11.5. The van der Waals surface area contributed by atoms with Gasteiger partial charge in [0.1, 0.15) is 5.78 Å². The van der Waals surface area contributed by atoms with Gasteiger partial charge in [0, 0.05) is 19.4 Å². The zero-order valence-electron chi connectivity index (χ0n) is 14.1. The third-order valence-electron chi connectivity index (χ3n) is 2.63. The molecule has 0 atom stereocenters. The number of hydrogen-bond donors (Lipinski definition) is 0. The van der Waals surface area contributed by atoms with Gasteiger partial charge in [0.2, 0.25) is 0 Å². The van der Waals surface area contributed by atoms with Crippen molar-refractivity contribution in [1.29, 1.82) is 0 Å². The van der Waals surface area contributed by atoms with Crippen LogP contribution in [0, 0.1) is 0 Å². The molecule has 126 valence electrons. The Labute approximate surface area is 129 Å². The highest BCUT2D eigenvalue weighted by Gasteiger charge is 2.03. The molecule has 0 spiro atoms. The van der Waals surface area contributed by atoms with Crippen molar-refractivity contribution < 1.29 is 23.7 Å². The number of ketones is 1. The third kappa shape index (κ3) is 17.5. The number of hydrogen-bond acceptors (Lipinski definition) is 5. The van der Waals surface area contributed by atoms with Crippen LogP contribution in [0.4, 0.5) is 0 Å². The van der Waals surface area contributed by atoms with E-state index in [9.17, 15) is 4.79 Å². The largest absolute Gasteiger partial charge is 0.379 e. The Morgan fingerprint density at radius 3 is 1.86 bits per heavy atom. The van der Waals surface area contributed by atoms with E-state index in [0.29, 0.717) is 52.5 Å². The van der Waals surface area contributed by atoms with E-state index in [4.69, 9.17) is 18.9 Å². The van der Waals surface area contributed by atoms with Crippen LogP contribution in [-0.4, -0.2) is 57.6 Å². The summed E-state index contributed by atoms with van der Waals surface area (Å²) < 4.78 is 21.4. The molecule has 0 fully saturated rings. The quantitative estimate of drug-likeness (QED) is 0.435. The molecule has 0 bridgehead atoms. The lowest BCUT2D eigenvalue weighted by molar-refractivity contribution is -0.120. The topological polar surface area (TPSA) is 54.0 Å². The van der Waals surface area contributed by atoms with Crippen LogP contribution in [-0.2, 0) is 23.7 Å². The van der Waals surface area contributed by atoms with E-state index < -0.39 is 0 Å². The van der Waals surface area contributed by atoms with E-state index in [1.165, 1.54) is 0 Å². The van der Waals surface area contributed by atoms with E-state index >= 15 is 0 Å². The molecule has 0 heterocycles. The van der Waals surface area contributed by atoms with Gasteiger partial charge in [0.05, 0.1) is 45.2 Å². The first-order valence-electron chi connectivity index (χ1n) is 7.92. The maximum Gasteiger partial charge on any atom is 0.135 e. The van der Waals surface area contributed by atoms with Crippen LogP contribution in [0.5, 0.6) is 0 Å². The molecular weight excluding hydrogens is 272 g/mol. The number of Topliss-reactive ketones (excluding diaryl/α,β-unsaturated/α-hetero) is 1. The van der Waals surface area contributed by atoms with Crippen LogP contribution in [0.25, 0.3) is 0 Å². The van der Waals surface area contributed by atoms with Crippen molar-refractivity contribution in [2.24, 2.45) is 0 Å². The molecule has 0 saturated carbocycles. The summed E-state index contributed by atoms with van der Waals surface area (Å²) in [6.45, 7) is 11.4. The predicted molar refractivity (Wildman–Crippen MR) is 82.7 cm³/mol. The molecule has 0 rings (SSSR count). The summed E-state index contributed by atoms with van der Waals surface area (Å²) in [5, 5.41) is 0. The molecule has 0 aliphatic heterocycles. The van der Waals surface area contributed by atoms with Crippen molar-refractivity contribution in [3.63, 3.8) is 0 Å². The van der Waals surface area contributed by atoms with Gasteiger partial charge in [0.15, 0.2) is 0 Å². The fraction of sp³-hybridized carbons (Fsp3) is 0.938. The van der Waals surface area contributed by atoms with Crippen LogP contribution < -0.4 is 0 Å². The Bertz CT molecular complexity index is 241. The molecule has 0 amide bonds. The average Bonchev–Trinajstić information content (AvgIpc) is 2.40. The summed E-state index contributed by atoms with van der Waals surface area (Å²) in [5.74, 6) is 0.237. The van der Waals surface area contributed by atoms with Crippen LogP contribution >= 0.6 is 0 Å². The Balaban J connectivity index is 3.16. The lowest BCUT2D eigenvalue weighted by atomic mass is 10.2. The van der Waals surface area contributed by atoms with Gasteiger partial charge in [0.25, 0.3) is 0 Å². The molecule has 0 unspecified atom stereocenters. The maximum atomic E-state index is 11.5. The molecule has 0 radical (unpaired) electrons. The Hall–Kier alpha value is -0.490. The first kappa shape index (κ1) is 20.5. The molecule has 5 nitrogen and oxygen atoms in total. The van der Waals surface area contributed by atoms with Gasteiger partial charge in [-0.3, -0.25) is 4.79 Å². The molecule has 0 N–H and O–H groups in total. The first-order chi connectivity index (χ1) is 10.0. The van der Waals surface area contributed by atoms with Crippen molar-refractivity contribution in [3.05, 3.63) is 0 Å². The fourth-order valence-electron chi connectivity index (χ4n) is 1.57. The van der Waals surface area contributed by atoms with Gasteiger partial charge in [-0.25, -0.2) is 0 Å². The van der Waals surface area contributed by atoms with E-state index in [-0.39, 0.29) is 18.0 Å². The Morgan fingerprint density at radius 2 is 1.24 bits per heavy atom. The summed E-state index contributed by atoms with van der Waals surface area (Å²) in [4.78, 5) is 11.5. The van der Waals surface area contributed by atoms with Crippen LogP contribution in [0.2, 0.25) is 0 Å². The lowest BCUT2D eigenvalue weighted by Gasteiger charge is -2.08. The van der Waals surface area contributed by atoms with Crippen LogP contribution in [0.3, 0.4) is 0 Å². The standard InChI is InChI=1S/C16H32O5/c1-14(2)20-9-7-16(17)6-5-8-18-10-11-19-12-13-21-15(3)4/h14-15H,5-13H2,1-4H3. The fourth-order valence-corrected chi connectivity index (χ4v) is 1.57. The second-order valence-electron chi connectivity index (χ2n) is 5.46. The minimum Gasteiger partial charge on any atom is -0.379 e. The molecule has 0 aliphatic carbocycles. The molecule has 0 aromatic carbocycles. The van der Waals surface area contributed by atoms with Crippen LogP contribution in [0.15, 0.2) is 0 Å². The summed E-state index contributed by atoms with van der Waals surface area (Å²) in [6, 6.07) is 0. The Morgan fingerprint density at radius 1 is 0.714 bits per heavy atom. The zero-order chi connectivity index (χ0) is 15.9. The van der Waals surface area contributed by atoms with Crippen molar-refractivity contribution in [2.45, 2.75) is 59.2 Å². The zero-order valence-corrected chi connectivity index (χ0v) is 14.1. The monoisotopic (exact) mass is 304 g/mol. The highest BCUT2D eigenvalue weighted by molar-refractivity contribution is 5.78. The van der Waals surface area contributed by atoms with E-state index in [2.05, 4.69) is 0 Å². The summed E-state index contributed by atoms with van der Waals surface area (Å²) >= 11 is 0. The predicted octanol–water partition coefficient (Wildman–Crippen LogP) is 2.61. The highest BCUT2D eigenvalue weighted by Crippen LogP contribution is 1.98. The summed E-state index contributed by atoms with van der Waals surface area (Å²) in [6.07, 6.45) is 2.25. The van der Waals surface area contributed by atoms with Gasteiger partial charge in [-0.2, -0.15) is 0 Å². The SMILES string of the molecule is CC(C)OCCOCCOCCCC(=O)CCOC(C)C. The lowest BCUT2D eigenvalue weighted by Crippen LogP contribution is -2.13. The van der Waals surface area contributed by atoms with E-state index in [1.807, 2.05) is 27.7 Å². The number of ether oxygens (including phenoxy) is 4. The van der Waals surface area contributed by atoms with Crippen LogP contribution in [0.1, 0.15) is 47.0 Å². The second-order valence-corrected chi connectivity index (χ2v) is 5.46. The molecule has 0 aromatic heterocycles. The molecule has 5 heteroatoms. The van der Waals surface area contributed by atoms with Gasteiger partial charge in [-0.05, 0) is 34.1 Å². The Kier molecular flexibility index (Phi) is 14.1. The van der Waals surface area contributed by atoms with Gasteiger partial charge >= 0.3 is 0 Å². The van der Waals surface area contributed by atoms with E-state index in [1.54, 1.807) is 0 Å². The normalized spacial score (nSPS) is 11.5. The number of rotatable bonds is 15. The average molecular weight is 304 g/mol. The molecule has 0 aromatic rings. The van der Waals surface area contributed by atoms with Crippen molar-refractivity contribution in [2.75, 3.05) is 39.6 Å². The van der Waals surface area contributed by atoms with E-state index in [0.717, 1.165) is 6.42 Å². The highest BCUT2D eigenvalue weighted by atomic mass is 16.5. The summed E-state index contributed by atoms with van der Waals surface area (Å²) in [5.41, 5.74) is 0. The molecule has 21 heavy (non-hydrogen) atoms. The molecular formula is C16H32O5. The summed E-state index contributed by atoms with van der Waals surface area (Å²) in [7, 11) is 0. The minimum atomic E-state index is 0.187. The van der Waals surface area contributed by atoms with Crippen molar-refractivity contribution >= 4 is 5.78 Å². The smallest absolute Gasteiger partial charge is 0.135 e. The van der Waals surface area contributed by atoms with Gasteiger partial charge < -0.3 is 18.9 Å².